The van der Waals surface area contributed by atoms with Crippen molar-refractivity contribution in [3.05, 3.63) is 52.3 Å². The van der Waals surface area contributed by atoms with Gasteiger partial charge in [-0.2, -0.15) is 10.2 Å². The molecule has 6 nitrogen and oxygen atoms in total. The maximum atomic E-state index is 9.30. The molecule has 0 amide bonds. The molecule has 1 aromatic carbocycles. The molecule has 0 spiro atoms. The molecule has 0 aliphatic heterocycles. The van der Waals surface area contributed by atoms with Crippen molar-refractivity contribution in [2.24, 2.45) is 0 Å². The van der Waals surface area contributed by atoms with Crippen LogP contribution in [0.15, 0.2) is 49.7 Å². The highest BCUT2D eigenvalue weighted by atomic mass is 79.9. The second kappa shape index (κ2) is 8.11. The summed E-state index contributed by atoms with van der Waals surface area (Å²) < 4.78 is 18.2. The smallest absolute Gasteiger partial charge is 0.266 e. The molecule has 0 saturated carbocycles. The van der Waals surface area contributed by atoms with E-state index >= 15 is 0 Å². The Bertz CT molecular complexity index is 905. The minimum atomic E-state index is 0.257. The molecule has 2 heterocycles. The van der Waals surface area contributed by atoms with Gasteiger partial charge in [0.05, 0.1) is 0 Å². The van der Waals surface area contributed by atoms with Crippen molar-refractivity contribution in [3.63, 3.8) is 0 Å². The molecule has 0 N–H and O–H groups in total. The molecule has 2 aromatic heterocycles. The number of rotatable bonds is 7. The van der Waals surface area contributed by atoms with Crippen LogP contribution in [0.2, 0.25) is 0 Å². The molecule has 0 bridgehead atoms. The number of nitrogens with zero attached hydrogens (tertiary/aromatic N) is 3. The summed E-state index contributed by atoms with van der Waals surface area (Å²) >= 11 is 3.39. The number of oxazole rings is 1. The van der Waals surface area contributed by atoms with Crippen LogP contribution in [0.3, 0.4) is 0 Å². The number of ether oxygens (including phenoxy) is 1. The minimum Gasteiger partial charge on any atom is -0.486 e. The number of hydrogen-bond acceptors (Lipinski definition) is 6. The highest BCUT2D eigenvalue weighted by Gasteiger charge is 2.20. The summed E-state index contributed by atoms with van der Waals surface area (Å²) in [5.74, 6) is 2.62. The topological polar surface area (TPSA) is 75.4 Å². The number of nitriles is 1. The van der Waals surface area contributed by atoms with E-state index in [0.717, 1.165) is 23.3 Å². The number of anilines is 1. The Morgan fingerprint density at radius 2 is 1.85 bits per heavy atom. The highest BCUT2D eigenvalue weighted by molar-refractivity contribution is 9.10. The lowest BCUT2D eigenvalue weighted by Gasteiger charge is -2.16. The van der Waals surface area contributed by atoms with Gasteiger partial charge in [-0.1, -0.05) is 15.9 Å². The molecule has 0 aliphatic rings. The van der Waals surface area contributed by atoms with Gasteiger partial charge < -0.3 is 18.5 Å². The second-order valence-corrected chi connectivity index (χ2v) is 6.38. The van der Waals surface area contributed by atoms with Crippen LogP contribution >= 0.6 is 15.9 Å². The van der Waals surface area contributed by atoms with Crippen LogP contribution in [-0.2, 0) is 6.61 Å². The normalized spacial score (nSPS) is 10.5. The van der Waals surface area contributed by atoms with Crippen molar-refractivity contribution in [1.29, 1.82) is 5.26 Å². The summed E-state index contributed by atoms with van der Waals surface area (Å²) in [4.78, 5) is 6.19. The van der Waals surface area contributed by atoms with Crippen LogP contribution in [0, 0.1) is 11.3 Å². The maximum absolute atomic E-state index is 9.30. The predicted molar refractivity (Wildman–Crippen MR) is 101 cm³/mol. The van der Waals surface area contributed by atoms with Crippen LogP contribution in [0.5, 0.6) is 5.75 Å². The zero-order valence-corrected chi connectivity index (χ0v) is 16.1. The van der Waals surface area contributed by atoms with Crippen molar-refractivity contribution < 1.29 is 13.6 Å². The molecule has 0 fully saturated rings. The summed E-state index contributed by atoms with van der Waals surface area (Å²) in [5.41, 5.74) is 0.257. The summed E-state index contributed by atoms with van der Waals surface area (Å²) in [5, 5.41) is 9.30. The van der Waals surface area contributed by atoms with Crippen molar-refractivity contribution in [2.75, 3.05) is 18.0 Å². The maximum Gasteiger partial charge on any atom is 0.266 e. The summed E-state index contributed by atoms with van der Waals surface area (Å²) in [6.07, 6.45) is 0. The van der Waals surface area contributed by atoms with Gasteiger partial charge in [-0.15, -0.1) is 0 Å². The molecule has 0 radical (unpaired) electrons. The molecule has 134 valence electrons. The number of benzene rings is 1. The first kappa shape index (κ1) is 18.1. The largest absolute Gasteiger partial charge is 0.486 e. The molecule has 0 saturated heterocycles. The number of hydrogen-bond donors (Lipinski definition) is 0. The summed E-state index contributed by atoms with van der Waals surface area (Å²) in [7, 11) is 0. The number of aromatic nitrogens is 1. The third-order valence-electron chi connectivity index (χ3n) is 3.83. The third-order valence-corrected chi connectivity index (χ3v) is 4.36. The second-order valence-electron chi connectivity index (χ2n) is 5.47. The van der Waals surface area contributed by atoms with Gasteiger partial charge in [0, 0.05) is 17.6 Å². The minimum absolute atomic E-state index is 0.257. The monoisotopic (exact) mass is 415 g/mol. The number of halogens is 1. The van der Waals surface area contributed by atoms with E-state index in [4.69, 9.17) is 13.6 Å². The van der Waals surface area contributed by atoms with Crippen LogP contribution in [0.1, 0.15) is 25.3 Å². The van der Waals surface area contributed by atoms with E-state index in [0.29, 0.717) is 23.3 Å². The molecule has 0 unspecified atom stereocenters. The van der Waals surface area contributed by atoms with Gasteiger partial charge in [0.2, 0.25) is 11.6 Å². The van der Waals surface area contributed by atoms with Gasteiger partial charge in [0.25, 0.3) is 5.89 Å². The van der Waals surface area contributed by atoms with Crippen molar-refractivity contribution in [2.45, 2.75) is 20.5 Å². The van der Waals surface area contributed by atoms with Gasteiger partial charge >= 0.3 is 0 Å². The predicted octanol–water partition coefficient (Wildman–Crippen LogP) is 4.99. The van der Waals surface area contributed by atoms with E-state index in [1.165, 1.54) is 0 Å². The molecule has 0 atom stereocenters. The van der Waals surface area contributed by atoms with Gasteiger partial charge in [0.1, 0.15) is 24.2 Å². The summed E-state index contributed by atoms with van der Waals surface area (Å²) in [6.45, 7) is 5.74. The molecule has 3 rings (SSSR count). The van der Waals surface area contributed by atoms with Gasteiger partial charge in [0.15, 0.2) is 5.76 Å². The Kier molecular flexibility index (Phi) is 5.64. The fourth-order valence-electron chi connectivity index (χ4n) is 2.47. The van der Waals surface area contributed by atoms with E-state index < -0.39 is 0 Å². The van der Waals surface area contributed by atoms with Crippen LogP contribution in [0.4, 0.5) is 5.88 Å². The Morgan fingerprint density at radius 3 is 2.50 bits per heavy atom. The molecule has 3 aromatic rings. The van der Waals surface area contributed by atoms with E-state index in [1.807, 2.05) is 49.1 Å². The average molecular weight is 416 g/mol. The van der Waals surface area contributed by atoms with Crippen molar-refractivity contribution in [3.8, 4) is 23.5 Å². The lowest BCUT2D eigenvalue weighted by Crippen LogP contribution is -2.22. The van der Waals surface area contributed by atoms with Crippen LogP contribution in [-0.4, -0.2) is 18.1 Å². The first-order valence-corrected chi connectivity index (χ1v) is 9.07. The first-order valence-electron chi connectivity index (χ1n) is 8.27. The van der Waals surface area contributed by atoms with E-state index in [1.54, 1.807) is 6.07 Å². The molecule has 0 aliphatic carbocycles. The third kappa shape index (κ3) is 3.92. The average Bonchev–Trinajstić information content (AvgIpc) is 3.29. The standard InChI is InChI=1S/C19H18BrN3O3/c1-3-23(4-2)19-16(11-21)22-18(26-19)17-10-9-15(25-17)12-24-14-7-5-13(20)6-8-14/h5-10H,3-4,12H2,1-2H3. The fourth-order valence-corrected chi connectivity index (χ4v) is 2.74. The molecule has 26 heavy (non-hydrogen) atoms. The van der Waals surface area contributed by atoms with Gasteiger partial charge in [-0.05, 0) is 50.2 Å². The van der Waals surface area contributed by atoms with Gasteiger partial charge in [-0.25, -0.2) is 0 Å². The number of furan rings is 1. The fraction of sp³-hybridized carbons (Fsp3) is 0.263. The van der Waals surface area contributed by atoms with E-state index in [9.17, 15) is 5.26 Å². The lowest BCUT2D eigenvalue weighted by molar-refractivity contribution is 0.271. The van der Waals surface area contributed by atoms with Gasteiger partial charge in [-0.3, -0.25) is 0 Å². The Hall–Kier alpha value is -2.72. The SMILES string of the molecule is CCN(CC)c1oc(-c2ccc(COc3ccc(Br)cc3)o2)nc1C#N. The molecule has 7 heteroatoms. The Morgan fingerprint density at radius 1 is 1.12 bits per heavy atom. The first-order chi connectivity index (χ1) is 12.6. The van der Waals surface area contributed by atoms with Crippen LogP contribution in [0.25, 0.3) is 11.7 Å². The Balaban J connectivity index is 1.75. The zero-order valence-electron chi connectivity index (χ0n) is 14.5. The van der Waals surface area contributed by atoms with Crippen molar-refractivity contribution in [1.82, 2.24) is 4.98 Å². The molecular formula is C19H18BrN3O3. The molecular weight excluding hydrogens is 398 g/mol. The highest BCUT2D eigenvalue weighted by Crippen LogP contribution is 2.29. The zero-order chi connectivity index (χ0) is 18.5. The quantitative estimate of drug-likeness (QED) is 0.540. The summed E-state index contributed by atoms with van der Waals surface area (Å²) in [6, 6.07) is 13.2. The Labute approximate surface area is 160 Å². The van der Waals surface area contributed by atoms with E-state index in [-0.39, 0.29) is 12.3 Å². The van der Waals surface area contributed by atoms with E-state index in [2.05, 4.69) is 27.0 Å². The lowest BCUT2D eigenvalue weighted by atomic mass is 10.3. The van der Waals surface area contributed by atoms with Crippen molar-refractivity contribution >= 4 is 21.8 Å². The van der Waals surface area contributed by atoms with Crippen LogP contribution < -0.4 is 9.64 Å².